The summed E-state index contributed by atoms with van der Waals surface area (Å²) in [6.07, 6.45) is 1.59. The average Bonchev–Trinajstić information content (AvgIpc) is 2.88. The molecule has 10 heteroatoms. The number of methoxy groups -OCH3 is 2. The monoisotopic (exact) mass is 511 g/mol. The van der Waals surface area contributed by atoms with Gasteiger partial charge in [0.1, 0.15) is 0 Å². The maximum Gasteiger partial charge on any atom is 0.303 e. The minimum Gasteiger partial charge on any atom is -0.493 e. The third kappa shape index (κ3) is 5.22. The highest BCUT2D eigenvalue weighted by Gasteiger charge is 2.37. The van der Waals surface area contributed by atoms with Crippen molar-refractivity contribution in [1.29, 1.82) is 5.26 Å². The molecule has 2 aliphatic rings. The van der Waals surface area contributed by atoms with E-state index in [1.54, 1.807) is 26.4 Å². The van der Waals surface area contributed by atoms with E-state index in [0.717, 1.165) is 23.3 Å². The predicted octanol–water partition coefficient (Wildman–Crippen LogP) is 3.11. The van der Waals surface area contributed by atoms with Gasteiger partial charge >= 0.3 is 5.97 Å². The van der Waals surface area contributed by atoms with Gasteiger partial charge in [-0.05, 0) is 67.0 Å². The molecule has 1 saturated heterocycles. The molecule has 0 radical (unpaired) electrons. The highest BCUT2D eigenvalue weighted by atomic mass is 32.2. The van der Waals surface area contributed by atoms with Crippen molar-refractivity contribution in [2.45, 2.75) is 30.6 Å². The van der Waals surface area contributed by atoms with Gasteiger partial charge in [-0.1, -0.05) is 6.07 Å². The second kappa shape index (κ2) is 10.7. The van der Waals surface area contributed by atoms with E-state index in [-0.39, 0.29) is 41.8 Å². The number of aliphatic carboxylic acids is 1. The highest BCUT2D eigenvalue weighted by Crippen LogP contribution is 2.37. The van der Waals surface area contributed by atoms with Gasteiger partial charge in [0.2, 0.25) is 10.0 Å². The van der Waals surface area contributed by atoms with Gasteiger partial charge < -0.3 is 14.6 Å². The number of benzene rings is 2. The molecule has 0 aromatic heterocycles. The molecule has 0 unspecified atom stereocenters. The summed E-state index contributed by atoms with van der Waals surface area (Å²) in [6, 6.07) is 11.8. The van der Waals surface area contributed by atoms with Gasteiger partial charge in [0.25, 0.3) is 0 Å². The number of ether oxygens (including phenoxy) is 2. The largest absolute Gasteiger partial charge is 0.493 e. The quantitative estimate of drug-likeness (QED) is 0.576. The Labute approximate surface area is 211 Å². The van der Waals surface area contributed by atoms with Gasteiger partial charge in [-0.25, -0.2) is 8.42 Å². The number of aliphatic imine (C=N–C) groups is 1. The smallest absolute Gasteiger partial charge is 0.303 e. The Morgan fingerprint density at radius 3 is 2.64 bits per heavy atom. The van der Waals surface area contributed by atoms with E-state index >= 15 is 0 Å². The van der Waals surface area contributed by atoms with E-state index in [9.17, 15) is 23.6 Å². The zero-order chi connectivity index (χ0) is 25.9. The molecule has 0 amide bonds. The summed E-state index contributed by atoms with van der Waals surface area (Å²) in [7, 11) is -0.689. The number of carboxylic acids is 1. The molecule has 2 atom stereocenters. The summed E-state index contributed by atoms with van der Waals surface area (Å²) in [4.78, 5) is 16.4. The molecule has 4 rings (SSSR count). The summed E-state index contributed by atoms with van der Waals surface area (Å²) >= 11 is 0. The first-order valence-electron chi connectivity index (χ1n) is 11.8. The Morgan fingerprint density at radius 2 is 1.94 bits per heavy atom. The zero-order valence-electron chi connectivity index (χ0n) is 20.3. The van der Waals surface area contributed by atoms with Crippen LogP contribution < -0.4 is 9.47 Å². The summed E-state index contributed by atoms with van der Waals surface area (Å²) in [5, 5.41) is 18.7. The number of nitriles is 1. The SMILES string of the molecule is COc1cc2c(cc1OC)C(C[C@H]1CN(S(=O)(=O)c3cccc(C#N)c3)CC[C@H]1CC(=O)O)=NCC2. The fourth-order valence-electron chi connectivity index (χ4n) is 5.08. The Bertz CT molecular complexity index is 1330. The van der Waals surface area contributed by atoms with Gasteiger partial charge in [-0.2, -0.15) is 9.57 Å². The Morgan fingerprint density at radius 1 is 1.19 bits per heavy atom. The van der Waals surface area contributed by atoms with Gasteiger partial charge in [0.05, 0.1) is 30.7 Å². The van der Waals surface area contributed by atoms with Crippen LogP contribution in [0.4, 0.5) is 0 Å². The summed E-state index contributed by atoms with van der Waals surface area (Å²) < 4.78 is 39.1. The third-order valence-electron chi connectivity index (χ3n) is 6.95. The average molecular weight is 512 g/mol. The molecule has 9 nitrogen and oxygen atoms in total. The lowest BCUT2D eigenvalue weighted by atomic mass is 9.79. The number of hydrogen-bond acceptors (Lipinski definition) is 7. The van der Waals surface area contributed by atoms with Gasteiger partial charge in [-0.15, -0.1) is 0 Å². The summed E-state index contributed by atoms with van der Waals surface area (Å²) in [5.41, 5.74) is 3.09. The lowest BCUT2D eigenvalue weighted by molar-refractivity contribution is -0.138. The van der Waals surface area contributed by atoms with Crippen LogP contribution in [0.2, 0.25) is 0 Å². The maximum atomic E-state index is 13.4. The van der Waals surface area contributed by atoms with Crippen LogP contribution in [0.5, 0.6) is 11.5 Å². The summed E-state index contributed by atoms with van der Waals surface area (Å²) in [6.45, 7) is 0.997. The van der Waals surface area contributed by atoms with Crippen molar-refractivity contribution in [3.8, 4) is 17.6 Å². The second-order valence-electron chi connectivity index (χ2n) is 9.06. The summed E-state index contributed by atoms with van der Waals surface area (Å²) in [5.74, 6) is -0.108. The van der Waals surface area contributed by atoms with Crippen LogP contribution in [0.1, 0.15) is 36.0 Å². The van der Waals surface area contributed by atoms with Crippen LogP contribution in [0.25, 0.3) is 0 Å². The van der Waals surface area contributed by atoms with Gasteiger partial charge in [0.15, 0.2) is 11.5 Å². The first-order valence-corrected chi connectivity index (χ1v) is 13.2. The lowest BCUT2D eigenvalue weighted by Crippen LogP contribution is -2.45. The van der Waals surface area contributed by atoms with Crippen LogP contribution >= 0.6 is 0 Å². The molecule has 1 fully saturated rings. The van der Waals surface area contributed by atoms with Gasteiger partial charge in [0, 0.05) is 37.3 Å². The number of hydrogen-bond donors (Lipinski definition) is 1. The first kappa shape index (κ1) is 25.7. The number of carbonyl (C=O) groups is 1. The van der Waals surface area contributed by atoms with E-state index in [1.807, 2.05) is 18.2 Å². The third-order valence-corrected chi connectivity index (χ3v) is 8.81. The predicted molar refractivity (Wildman–Crippen MR) is 133 cm³/mol. The van der Waals surface area contributed by atoms with E-state index in [4.69, 9.17) is 14.5 Å². The van der Waals surface area contributed by atoms with Crippen molar-refractivity contribution in [3.63, 3.8) is 0 Å². The van der Waals surface area contributed by atoms with E-state index in [0.29, 0.717) is 30.9 Å². The van der Waals surface area contributed by atoms with Crippen LogP contribution in [0, 0.1) is 23.2 Å². The van der Waals surface area contributed by atoms with E-state index in [2.05, 4.69) is 0 Å². The number of rotatable bonds is 8. The lowest BCUT2D eigenvalue weighted by Gasteiger charge is -2.38. The molecule has 2 aromatic carbocycles. The number of fused-ring (bicyclic) bond motifs is 1. The number of sulfonamides is 1. The Kier molecular flexibility index (Phi) is 7.62. The molecular formula is C26H29N3O6S. The first-order chi connectivity index (χ1) is 17.3. The fraction of sp³-hybridized carbons (Fsp3) is 0.423. The highest BCUT2D eigenvalue weighted by molar-refractivity contribution is 7.89. The van der Waals surface area contributed by atoms with E-state index in [1.165, 1.54) is 16.4 Å². The molecule has 190 valence electrons. The van der Waals surface area contributed by atoms with Crippen molar-refractivity contribution in [2.75, 3.05) is 33.9 Å². The minimum absolute atomic E-state index is 0.0332. The zero-order valence-corrected chi connectivity index (χ0v) is 21.1. The molecule has 36 heavy (non-hydrogen) atoms. The Balaban J connectivity index is 1.64. The number of piperidine rings is 1. The number of nitrogens with zero attached hydrogens (tertiary/aromatic N) is 3. The van der Waals surface area contributed by atoms with Crippen molar-refractivity contribution in [3.05, 3.63) is 53.1 Å². The standard InChI is InChI=1S/C26H29N3O6S/c1-34-24-12-19-6-8-28-23(22(19)14-25(24)35-2)11-20-16-29(9-7-18(20)13-26(30)31)36(32,33)21-5-3-4-17(10-21)15-27/h3-5,10,12,14,18,20H,6-9,11,13,16H2,1-2H3,(H,30,31)/t18-,20-/m0/s1. The van der Waals surface area contributed by atoms with Crippen LogP contribution in [0.15, 0.2) is 46.3 Å². The van der Waals surface area contributed by atoms with Crippen LogP contribution in [-0.4, -0.2) is 63.4 Å². The van der Waals surface area contributed by atoms with Crippen molar-refractivity contribution in [2.24, 2.45) is 16.8 Å². The molecular weight excluding hydrogens is 482 g/mol. The molecule has 0 spiro atoms. The van der Waals surface area contributed by atoms with Crippen molar-refractivity contribution in [1.82, 2.24) is 4.31 Å². The molecule has 1 N–H and O–H groups in total. The van der Waals surface area contributed by atoms with E-state index < -0.39 is 16.0 Å². The topological polar surface area (TPSA) is 129 Å². The molecule has 0 aliphatic carbocycles. The molecule has 2 aromatic rings. The molecule has 0 saturated carbocycles. The van der Waals surface area contributed by atoms with Crippen molar-refractivity contribution < 1.29 is 27.8 Å². The Hall–Kier alpha value is -3.42. The second-order valence-corrected chi connectivity index (χ2v) is 11.0. The molecule has 2 aliphatic heterocycles. The van der Waals surface area contributed by atoms with Crippen LogP contribution in [-0.2, 0) is 21.2 Å². The fourth-order valence-corrected chi connectivity index (χ4v) is 6.64. The van der Waals surface area contributed by atoms with Crippen LogP contribution in [0.3, 0.4) is 0 Å². The maximum absolute atomic E-state index is 13.4. The van der Waals surface area contributed by atoms with Gasteiger partial charge in [-0.3, -0.25) is 9.79 Å². The van der Waals surface area contributed by atoms with Crippen molar-refractivity contribution >= 4 is 21.7 Å². The molecule has 0 bridgehead atoms. The molecule has 2 heterocycles. The normalized spacial score (nSPS) is 20.1. The number of carboxylic acid groups (broad SMARTS) is 1. The minimum atomic E-state index is -3.84.